The first-order valence-electron chi connectivity index (χ1n) is 9.98. The Morgan fingerprint density at radius 2 is 1.89 bits per heavy atom. The highest BCUT2D eigenvalue weighted by atomic mass is 35.5. The number of carbonyl (C=O) groups excluding carboxylic acids is 1. The summed E-state index contributed by atoms with van der Waals surface area (Å²) in [7, 11) is 0. The third-order valence-corrected chi connectivity index (χ3v) is 5.96. The van der Waals surface area contributed by atoms with E-state index in [0.29, 0.717) is 18.1 Å². The average Bonchev–Trinajstić information content (AvgIpc) is 3.22. The molecule has 148 valence electrons. The van der Waals surface area contributed by atoms with Crippen molar-refractivity contribution in [3.63, 3.8) is 0 Å². The highest BCUT2D eigenvalue weighted by Crippen LogP contribution is 2.33. The van der Waals surface area contributed by atoms with Gasteiger partial charge >= 0.3 is 0 Å². The van der Waals surface area contributed by atoms with Gasteiger partial charge in [0.25, 0.3) is 0 Å². The first kappa shape index (κ1) is 19.2. The van der Waals surface area contributed by atoms with Crippen LogP contribution in [0.5, 0.6) is 0 Å². The zero-order valence-electron chi connectivity index (χ0n) is 16.0. The second kappa shape index (κ2) is 8.45. The van der Waals surface area contributed by atoms with Gasteiger partial charge < -0.3 is 10.6 Å². The number of likely N-dealkylation sites (tertiary alicyclic amines) is 2. The van der Waals surface area contributed by atoms with Gasteiger partial charge in [0.2, 0.25) is 11.9 Å². The Bertz CT molecular complexity index is 835. The minimum Gasteiger partial charge on any atom is -0.368 e. The normalized spacial score (nSPS) is 20.5. The van der Waals surface area contributed by atoms with E-state index in [1.165, 1.54) is 12.8 Å². The Morgan fingerprint density at radius 1 is 1.14 bits per heavy atom. The number of halogens is 1. The monoisotopic (exact) mass is 399 g/mol. The van der Waals surface area contributed by atoms with Crippen molar-refractivity contribution in [1.82, 2.24) is 19.8 Å². The topological polar surface area (TPSA) is 75.3 Å². The first-order valence-corrected chi connectivity index (χ1v) is 10.4. The van der Waals surface area contributed by atoms with Gasteiger partial charge in [0.15, 0.2) is 0 Å². The molecule has 3 heterocycles. The van der Waals surface area contributed by atoms with Crippen LogP contribution >= 0.6 is 11.6 Å². The van der Waals surface area contributed by atoms with E-state index in [1.54, 1.807) is 6.20 Å². The molecule has 2 aliphatic heterocycles. The lowest BCUT2D eigenvalue weighted by molar-refractivity contribution is -0.133. The maximum Gasteiger partial charge on any atom is 0.236 e. The van der Waals surface area contributed by atoms with E-state index in [4.69, 9.17) is 17.3 Å². The molecule has 1 amide bonds. The van der Waals surface area contributed by atoms with Crippen molar-refractivity contribution in [2.24, 2.45) is 0 Å². The molecule has 2 saturated heterocycles. The highest BCUT2D eigenvalue weighted by Gasteiger charge is 2.29. The molecule has 0 unspecified atom stereocenters. The number of nitrogen functional groups attached to an aromatic ring is 1. The molecule has 0 bridgehead atoms. The Balaban J connectivity index is 1.55. The molecule has 4 rings (SSSR count). The van der Waals surface area contributed by atoms with Crippen LogP contribution in [0.1, 0.15) is 37.3 Å². The molecular formula is C21H26ClN5O. The van der Waals surface area contributed by atoms with E-state index in [9.17, 15) is 4.79 Å². The van der Waals surface area contributed by atoms with Crippen molar-refractivity contribution in [2.75, 3.05) is 38.5 Å². The van der Waals surface area contributed by atoms with Crippen molar-refractivity contribution in [3.05, 3.63) is 41.2 Å². The highest BCUT2D eigenvalue weighted by molar-refractivity contribution is 6.30. The summed E-state index contributed by atoms with van der Waals surface area (Å²) in [6.45, 7) is 4.10. The molecule has 0 radical (unpaired) electrons. The quantitative estimate of drug-likeness (QED) is 0.854. The second-order valence-electron chi connectivity index (χ2n) is 7.70. The van der Waals surface area contributed by atoms with E-state index in [1.807, 2.05) is 29.2 Å². The number of amides is 1. The second-order valence-corrected chi connectivity index (χ2v) is 8.13. The Kier molecular flexibility index (Phi) is 5.78. The molecule has 1 aromatic carbocycles. The molecule has 0 aliphatic carbocycles. The molecule has 6 nitrogen and oxygen atoms in total. The molecule has 1 atom stereocenters. The van der Waals surface area contributed by atoms with Crippen LogP contribution in [0.4, 0.5) is 5.95 Å². The predicted octanol–water partition coefficient (Wildman–Crippen LogP) is 3.18. The minimum atomic E-state index is 0.159. The van der Waals surface area contributed by atoms with Crippen molar-refractivity contribution in [1.29, 1.82) is 0 Å². The Hall–Kier alpha value is -2.18. The Labute approximate surface area is 170 Å². The lowest BCUT2D eigenvalue weighted by atomic mass is 9.90. The summed E-state index contributed by atoms with van der Waals surface area (Å²) in [5.41, 5.74) is 8.81. The third kappa shape index (κ3) is 4.28. The van der Waals surface area contributed by atoms with Crippen LogP contribution in [0.25, 0.3) is 11.1 Å². The van der Waals surface area contributed by atoms with Gasteiger partial charge in [-0.05, 0) is 56.5 Å². The number of rotatable bonds is 4. The summed E-state index contributed by atoms with van der Waals surface area (Å²) >= 11 is 6.04. The van der Waals surface area contributed by atoms with E-state index >= 15 is 0 Å². The van der Waals surface area contributed by atoms with Crippen LogP contribution in [-0.4, -0.2) is 58.4 Å². The fraction of sp³-hybridized carbons (Fsp3) is 0.476. The van der Waals surface area contributed by atoms with E-state index in [2.05, 4.69) is 14.9 Å². The molecular weight excluding hydrogens is 374 g/mol. The molecule has 1 aromatic heterocycles. The van der Waals surface area contributed by atoms with Gasteiger partial charge in [-0.1, -0.05) is 23.7 Å². The van der Waals surface area contributed by atoms with Crippen LogP contribution in [0.3, 0.4) is 0 Å². The van der Waals surface area contributed by atoms with E-state index in [0.717, 1.165) is 49.3 Å². The predicted molar refractivity (Wildman–Crippen MR) is 111 cm³/mol. The zero-order valence-corrected chi connectivity index (χ0v) is 16.7. The number of piperidine rings is 1. The van der Waals surface area contributed by atoms with E-state index in [-0.39, 0.29) is 17.8 Å². The van der Waals surface area contributed by atoms with Crippen LogP contribution in [-0.2, 0) is 4.79 Å². The molecule has 2 aliphatic rings. The van der Waals surface area contributed by atoms with Crippen LogP contribution in [0.2, 0.25) is 5.02 Å². The lowest BCUT2D eigenvalue weighted by Gasteiger charge is -2.34. The van der Waals surface area contributed by atoms with Gasteiger partial charge in [0, 0.05) is 35.8 Å². The molecule has 7 heteroatoms. The van der Waals surface area contributed by atoms with Crippen LogP contribution in [0, 0.1) is 0 Å². The number of carbonyl (C=O) groups is 1. The summed E-state index contributed by atoms with van der Waals surface area (Å²) in [6, 6.07) is 7.67. The van der Waals surface area contributed by atoms with Crippen molar-refractivity contribution in [3.8, 4) is 11.1 Å². The largest absolute Gasteiger partial charge is 0.368 e. The zero-order chi connectivity index (χ0) is 19.5. The SMILES string of the molecule is Nc1ncc(-c2ccc(Cl)cc2)c([C@H]2CCCN(C(=O)CN3CCCC3)C2)n1. The summed E-state index contributed by atoms with van der Waals surface area (Å²) < 4.78 is 0. The fourth-order valence-corrected chi connectivity index (χ4v) is 4.36. The van der Waals surface area contributed by atoms with Gasteiger partial charge in [-0.25, -0.2) is 9.97 Å². The van der Waals surface area contributed by atoms with Crippen molar-refractivity contribution >= 4 is 23.5 Å². The Morgan fingerprint density at radius 3 is 2.64 bits per heavy atom. The maximum absolute atomic E-state index is 12.8. The molecule has 0 spiro atoms. The van der Waals surface area contributed by atoms with Gasteiger partial charge in [-0.15, -0.1) is 0 Å². The number of nitrogens with two attached hydrogens (primary N) is 1. The molecule has 28 heavy (non-hydrogen) atoms. The number of hydrogen-bond donors (Lipinski definition) is 1. The summed E-state index contributed by atoms with van der Waals surface area (Å²) in [5, 5.41) is 0.693. The van der Waals surface area contributed by atoms with Gasteiger partial charge in [0.05, 0.1) is 12.2 Å². The maximum atomic E-state index is 12.8. The fourth-order valence-electron chi connectivity index (χ4n) is 4.23. The summed E-state index contributed by atoms with van der Waals surface area (Å²) in [6.07, 6.45) is 6.14. The number of anilines is 1. The summed E-state index contributed by atoms with van der Waals surface area (Å²) in [5.74, 6) is 0.655. The lowest BCUT2D eigenvalue weighted by Crippen LogP contribution is -2.44. The van der Waals surface area contributed by atoms with Crippen LogP contribution < -0.4 is 5.73 Å². The average molecular weight is 400 g/mol. The standard InChI is InChI=1S/C21H26ClN5O/c22-17-7-5-15(6-8-17)18-12-24-21(23)25-20(18)16-4-3-11-27(13-16)19(28)14-26-9-1-2-10-26/h5-8,12,16H,1-4,9-11,13-14H2,(H2,23,24,25)/t16-/m0/s1. The molecule has 0 saturated carbocycles. The number of nitrogens with zero attached hydrogens (tertiary/aromatic N) is 4. The molecule has 2 fully saturated rings. The molecule has 2 aromatic rings. The van der Waals surface area contributed by atoms with Crippen molar-refractivity contribution < 1.29 is 4.79 Å². The first-order chi connectivity index (χ1) is 13.6. The van der Waals surface area contributed by atoms with Gasteiger partial charge in [-0.3, -0.25) is 9.69 Å². The van der Waals surface area contributed by atoms with Crippen molar-refractivity contribution in [2.45, 2.75) is 31.6 Å². The van der Waals surface area contributed by atoms with Gasteiger partial charge in [0.1, 0.15) is 0 Å². The van der Waals surface area contributed by atoms with E-state index < -0.39 is 0 Å². The number of benzene rings is 1. The molecule has 2 N–H and O–H groups in total. The number of aromatic nitrogens is 2. The minimum absolute atomic E-state index is 0.159. The van der Waals surface area contributed by atoms with Crippen LogP contribution in [0.15, 0.2) is 30.5 Å². The summed E-state index contributed by atoms with van der Waals surface area (Å²) in [4.78, 5) is 25.8. The number of hydrogen-bond acceptors (Lipinski definition) is 5. The smallest absolute Gasteiger partial charge is 0.236 e. The van der Waals surface area contributed by atoms with Gasteiger partial charge in [-0.2, -0.15) is 0 Å². The third-order valence-electron chi connectivity index (χ3n) is 5.71.